The molecule has 4 heteroatoms. The first-order chi connectivity index (χ1) is 7.66. The molecule has 0 N–H and O–H groups in total. The monoisotopic (exact) mass is 216 g/mol. The largest absolute Gasteiger partial charge is 0.342 e. The molecular formula is C12H12N2O2. The number of benzene rings is 1. The van der Waals surface area contributed by atoms with Gasteiger partial charge < -0.3 is 4.57 Å². The molecule has 0 saturated heterocycles. The van der Waals surface area contributed by atoms with Gasteiger partial charge in [-0.2, -0.15) is 0 Å². The van der Waals surface area contributed by atoms with Gasteiger partial charge in [0.05, 0.1) is 4.92 Å². The minimum Gasteiger partial charge on any atom is -0.342 e. The molecule has 1 aliphatic carbocycles. The number of rotatable bonds is 2. The normalized spacial score (nSPS) is 15.6. The first kappa shape index (κ1) is 9.39. The highest BCUT2D eigenvalue weighted by Gasteiger charge is 2.26. The van der Waals surface area contributed by atoms with E-state index in [1.165, 1.54) is 18.5 Å². The number of hydrogen-bond donors (Lipinski definition) is 0. The third kappa shape index (κ3) is 1.30. The van der Waals surface area contributed by atoms with Gasteiger partial charge in [0.2, 0.25) is 0 Å². The van der Waals surface area contributed by atoms with Crippen molar-refractivity contribution in [2.45, 2.75) is 25.8 Å². The highest BCUT2D eigenvalue weighted by Crippen LogP contribution is 2.39. The Morgan fingerprint density at radius 3 is 2.75 bits per heavy atom. The Hall–Kier alpha value is -1.84. The van der Waals surface area contributed by atoms with Gasteiger partial charge in [0.15, 0.2) is 0 Å². The van der Waals surface area contributed by atoms with Gasteiger partial charge in [-0.05, 0) is 31.9 Å². The van der Waals surface area contributed by atoms with E-state index in [9.17, 15) is 10.1 Å². The van der Waals surface area contributed by atoms with Crippen LogP contribution >= 0.6 is 0 Å². The van der Waals surface area contributed by atoms with Gasteiger partial charge >= 0.3 is 0 Å². The maximum atomic E-state index is 10.7. The predicted molar refractivity (Wildman–Crippen MR) is 61.6 cm³/mol. The summed E-state index contributed by atoms with van der Waals surface area (Å²) in [6.45, 7) is 2.06. The fourth-order valence-electron chi connectivity index (χ4n) is 2.29. The zero-order chi connectivity index (χ0) is 11.3. The maximum Gasteiger partial charge on any atom is 0.270 e. The van der Waals surface area contributed by atoms with E-state index in [0.717, 1.165) is 10.9 Å². The number of fused-ring (bicyclic) bond motifs is 1. The van der Waals surface area contributed by atoms with Crippen molar-refractivity contribution in [1.82, 2.24) is 4.57 Å². The Morgan fingerprint density at radius 2 is 2.12 bits per heavy atom. The van der Waals surface area contributed by atoms with Crippen molar-refractivity contribution in [1.29, 1.82) is 0 Å². The van der Waals surface area contributed by atoms with Crippen LogP contribution in [-0.2, 0) is 0 Å². The zero-order valence-corrected chi connectivity index (χ0v) is 9.01. The van der Waals surface area contributed by atoms with Gasteiger partial charge in [-0.25, -0.2) is 0 Å². The molecule has 0 bridgehead atoms. The van der Waals surface area contributed by atoms with E-state index in [2.05, 4.69) is 11.5 Å². The number of aromatic nitrogens is 1. The Balaban J connectivity index is 2.23. The third-order valence-corrected chi connectivity index (χ3v) is 3.14. The summed E-state index contributed by atoms with van der Waals surface area (Å²) in [5.41, 5.74) is 2.48. The first-order valence-electron chi connectivity index (χ1n) is 5.43. The second kappa shape index (κ2) is 3.07. The number of nitro benzene ring substituents is 1. The number of nitro groups is 1. The zero-order valence-electron chi connectivity index (χ0n) is 9.01. The summed E-state index contributed by atoms with van der Waals surface area (Å²) >= 11 is 0. The van der Waals surface area contributed by atoms with E-state index in [0.29, 0.717) is 6.04 Å². The lowest BCUT2D eigenvalue weighted by atomic mass is 10.2. The van der Waals surface area contributed by atoms with Crippen LogP contribution in [0.25, 0.3) is 10.9 Å². The van der Waals surface area contributed by atoms with Crippen LogP contribution in [0.3, 0.4) is 0 Å². The van der Waals surface area contributed by atoms with Gasteiger partial charge in [0.1, 0.15) is 0 Å². The van der Waals surface area contributed by atoms with Crippen molar-refractivity contribution in [3.63, 3.8) is 0 Å². The Bertz CT molecular complexity index is 582. The molecule has 0 spiro atoms. The number of hydrogen-bond acceptors (Lipinski definition) is 2. The summed E-state index contributed by atoms with van der Waals surface area (Å²) in [5.74, 6) is 0. The molecule has 3 rings (SSSR count). The molecule has 0 radical (unpaired) electrons. The third-order valence-electron chi connectivity index (χ3n) is 3.14. The number of aryl methyl sites for hydroxylation is 1. The van der Waals surface area contributed by atoms with Crippen LogP contribution in [-0.4, -0.2) is 9.49 Å². The molecule has 0 unspecified atom stereocenters. The summed E-state index contributed by atoms with van der Waals surface area (Å²) in [6.07, 6.45) is 2.45. The van der Waals surface area contributed by atoms with E-state index in [1.807, 2.05) is 12.1 Å². The van der Waals surface area contributed by atoms with Crippen molar-refractivity contribution in [3.8, 4) is 0 Å². The van der Waals surface area contributed by atoms with E-state index in [4.69, 9.17) is 0 Å². The van der Waals surface area contributed by atoms with Crippen LogP contribution in [0.4, 0.5) is 5.69 Å². The minimum absolute atomic E-state index is 0.167. The molecule has 82 valence electrons. The van der Waals surface area contributed by atoms with Gasteiger partial charge in [-0.1, -0.05) is 0 Å². The fraction of sp³-hybridized carbons (Fsp3) is 0.333. The van der Waals surface area contributed by atoms with Crippen molar-refractivity contribution in [2.75, 3.05) is 0 Å². The van der Waals surface area contributed by atoms with Crippen LogP contribution in [0.2, 0.25) is 0 Å². The quantitative estimate of drug-likeness (QED) is 0.571. The topological polar surface area (TPSA) is 48.1 Å². The van der Waals surface area contributed by atoms with Gasteiger partial charge in [0.25, 0.3) is 5.69 Å². The number of non-ortho nitro benzene ring substituents is 1. The molecule has 4 nitrogen and oxygen atoms in total. The van der Waals surface area contributed by atoms with Crippen molar-refractivity contribution < 1.29 is 4.92 Å². The molecule has 1 fully saturated rings. The highest BCUT2D eigenvalue weighted by molar-refractivity contribution is 5.83. The summed E-state index contributed by atoms with van der Waals surface area (Å²) < 4.78 is 2.29. The Labute approximate surface area is 92.6 Å². The Kier molecular flexibility index (Phi) is 1.80. The van der Waals surface area contributed by atoms with E-state index in [1.54, 1.807) is 12.1 Å². The van der Waals surface area contributed by atoms with E-state index in [-0.39, 0.29) is 10.6 Å². The molecular weight excluding hydrogens is 204 g/mol. The summed E-state index contributed by atoms with van der Waals surface area (Å²) in [7, 11) is 0. The summed E-state index contributed by atoms with van der Waals surface area (Å²) in [6, 6.07) is 7.74. The average molecular weight is 216 g/mol. The second-order valence-corrected chi connectivity index (χ2v) is 4.39. The fourth-order valence-corrected chi connectivity index (χ4v) is 2.29. The molecule has 0 atom stereocenters. The molecule has 1 saturated carbocycles. The van der Waals surface area contributed by atoms with Gasteiger partial charge in [-0.15, -0.1) is 0 Å². The standard InChI is InChI=1S/C12H12N2O2/c1-8-6-9-7-11(14(15)16)4-5-12(9)13(8)10-2-3-10/h4-7,10H,2-3H2,1H3. The van der Waals surface area contributed by atoms with Crippen molar-refractivity contribution >= 4 is 16.6 Å². The van der Waals surface area contributed by atoms with Crippen molar-refractivity contribution in [2.24, 2.45) is 0 Å². The molecule has 2 aromatic rings. The maximum absolute atomic E-state index is 10.7. The van der Waals surface area contributed by atoms with Crippen LogP contribution in [0.5, 0.6) is 0 Å². The molecule has 1 aromatic heterocycles. The molecule has 1 aliphatic rings. The molecule has 16 heavy (non-hydrogen) atoms. The van der Waals surface area contributed by atoms with Gasteiger partial charge in [0, 0.05) is 34.8 Å². The minimum atomic E-state index is -0.344. The predicted octanol–water partition coefficient (Wildman–Crippen LogP) is 3.19. The number of nitrogens with zero attached hydrogens (tertiary/aromatic N) is 2. The summed E-state index contributed by atoms with van der Waals surface area (Å²) in [5, 5.41) is 11.7. The molecule has 1 heterocycles. The first-order valence-corrected chi connectivity index (χ1v) is 5.43. The van der Waals surface area contributed by atoms with Crippen LogP contribution in [0.1, 0.15) is 24.6 Å². The lowest BCUT2D eigenvalue weighted by Gasteiger charge is -2.05. The van der Waals surface area contributed by atoms with Crippen molar-refractivity contribution in [3.05, 3.63) is 40.1 Å². The SMILES string of the molecule is Cc1cc2cc([N+](=O)[O-])ccc2n1C1CC1. The molecule has 1 aromatic carbocycles. The van der Waals surface area contributed by atoms with Crippen LogP contribution in [0, 0.1) is 17.0 Å². The van der Waals surface area contributed by atoms with Crippen LogP contribution < -0.4 is 0 Å². The Morgan fingerprint density at radius 1 is 1.38 bits per heavy atom. The highest BCUT2D eigenvalue weighted by atomic mass is 16.6. The van der Waals surface area contributed by atoms with E-state index >= 15 is 0 Å². The van der Waals surface area contributed by atoms with E-state index < -0.39 is 0 Å². The lowest BCUT2D eigenvalue weighted by Crippen LogP contribution is -1.95. The lowest BCUT2D eigenvalue weighted by molar-refractivity contribution is -0.384. The average Bonchev–Trinajstić information content (AvgIpc) is 3.00. The molecule has 0 aliphatic heterocycles. The van der Waals surface area contributed by atoms with Gasteiger partial charge in [-0.3, -0.25) is 10.1 Å². The van der Waals surface area contributed by atoms with Crippen LogP contribution in [0.15, 0.2) is 24.3 Å². The smallest absolute Gasteiger partial charge is 0.270 e. The second-order valence-electron chi connectivity index (χ2n) is 4.39. The summed E-state index contributed by atoms with van der Waals surface area (Å²) in [4.78, 5) is 10.3. The molecule has 0 amide bonds.